The van der Waals surface area contributed by atoms with Gasteiger partial charge in [-0.05, 0) is 97.9 Å². The third-order valence-corrected chi connectivity index (χ3v) is 17.7. The van der Waals surface area contributed by atoms with Gasteiger partial charge in [0.05, 0.1) is 60.4 Å². The van der Waals surface area contributed by atoms with Crippen LogP contribution in [0.5, 0.6) is 0 Å². The van der Waals surface area contributed by atoms with Crippen molar-refractivity contribution in [3.05, 3.63) is 47.3 Å². The maximum absolute atomic E-state index is 15.0. The van der Waals surface area contributed by atoms with Crippen LogP contribution in [0.2, 0.25) is 0 Å². The number of aliphatic hydroxyl groups excluding tert-OH is 3. The fourth-order valence-electron chi connectivity index (χ4n) is 12.9. The molecule has 19 nitrogen and oxygen atoms in total. The average molecular weight is 1080 g/mol. The standard InChI is InChI=1S/C56H95FN6O13/c1-15-45-56(10,69)49(65)37(6)61(12)30-33(2)27-54(8,68)51(35(4)46(36(5)52(67)75-45)44-28-55(9,71-14)50(66)38(7)74-44)76-53-47(64)42(26-34(3)73-53)60(11)21-20-41-32-63(59-58-41)43(29-57)48(70-13)40-18-16-39(17-19-40)31-62-22-24-72-25-23-62/h16-19,32-38,42-51,53,64-66,68-69H,15,20-31H2,1-14H3/t33-,34-,35+,36-,37-,38+,42+,43-,44?,45-,46+,47-,48-,49-,50+,51-,53+,54-,55-,56-/m1/s1. The SMILES string of the molecule is CC[C@H]1OC(=O)[C@H](C)[C@@H](C2C[C@@](C)(OC)[C@@H](O)[C@H](C)O2)[C@H](C)[C@@H](O[C@@H]2O[C@H](C)C[C@H](N(C)CCc3cn([C@H](CF)[C@H](OC)c4ccc(CN5CCOCC5)cc4)nn3)[C@H]2O)[C@](C)(O)C[C@@H](C)CN(C)[C@H](C)[C@@H](O)[C@]1(C)O. The number of benzene rings is 1. The molecule has 20 heteroatoms. The summed E-state index contributed by atoms with van der Waals surface area (Å²) in [5.41, 5.74) is -1.90. The fraction of sp³-hybridized carbons (Fsp3) is 0.839. The van der Waals surface area contributed by atoms with E-state index in [4.69, 9.17) is 33.2 Å². The minimum absolute atomic E-state index is 0.175. The van der Waals surface area contributed by atoms with Crippen molar-refractivity contribution < 1.29 is 67.9 Å². The van der Waals surface area contributed by atoms with Crippen molar-refractivity contribution in [2.24, 2.45) is 23.7 Å². The molecule has 0 radical (unpaired) electrons. The Morgan fingerprint density at radius 1 is 0.961 bits per heavy atom. The van der Waals surface area contributed by atoms with Crippen LogP contribution in [-0.4, -0.2) is 220 Å². The number of hydrogen-bond donors (Lipinski definition) is 5. The van der Waals surface area contributed by atoms with Crippen LogP contribution < -0.4 is 0 Å². The lowest BCUT2D eigenvalue weighted by Crippen LogP contribution is -2.62. The number of likely N-dealkylation sites (N-methyl/N-ethyl adjacent to an activating group) is 2. The van der Waals surface area contributed by atoms with Crippen LogP contribution in [0.4, 0.5) is 4.39 Å². The van der Waals surface area contributed by atoms with Gasteiger partial charge in [0, 0.05) is 84.0 Å². The molecule has 20 atom stereocenters. The second-order valence-electron chi connectivity index (χ2n) is 23.7. The molecule has 0 saturated carbocycles. The topological polar surface area (TPSA) is 223 Å². The zero-order valence-electron chi connectivity index (χ0n) is 48.0. The van der Waals surface area contributed by atoms with E-state index < -0.39 is 120 Å². The van der Waals surface area contributed by atoms with Gasteiger partial charge in [0.15, 0.2) is 6.29 Å². The smallest absolute Gasteiger partial charge is 0.309 e. The number of carbonyl (C=O) groups excluding carboxylic acids is 1. The summed E-state index contributed by atoms with van der Waals surface area (Å²) in [6.45, 7) is 22.0. The molecule has 5 heterocycles. The van der Waals surface area contributed by atoms with Crippen LogP contribution in [0.25, 0.3) is 0 Å². The molecule has 2 aromatic rings. The van der Waals surface area contributed by atoms with Gasteiger partial charge in [0.2, 0.25) is 0 Å². The number of alkyl halides is 1. The van der Waals surface area contributed by atoms with Gasteiger partial charge in [-0.1, -0.05) is 57.2 Å². The van der Waals surface area contributed by atoms with Crippen LogP contribution in [0.1, 0.15) is 124 Å². The first-order valence-corrected chi connectivity index (χ1v) is 27.8. The number of rotatable bonds is 16. The highest BCUT2D eigenvalue weighted by Crippen LogP contribution is 2.45. The van der Waals surface area contributed by atoms with E-state index in [1.165, 1.54) is 18.7 Å². The first-order valence-electron chi connectivity index (χ1n) is 27.8. The Hall–Kier alpha value is -2.80. The number of cyclic esters (lactones) is 1. The molecule has 1 unspecified atom stereocenters. The van der Waals surface area contributed by atoms with Crippen LogP contribution in [0.15, 0.2) is 30.5 Å². The number of esters is 1. The van der Waals surface area contributed by atoms with Crippen molar-refractivity contribution in [1.29, 1.82) is 0 Å². The molecule has 4 saturated heterocycles. The Bertz CT molecular complexity index is 2100. The normalized spacial score (nSPS) is 40.0. The van der Waals surface area contributed by atoms with E-state index in [1.807, 2.05) is 56.8 Å². The minimum Gasteiger partial charge on any atom is -0.459 e. The number of nitrogens with zero attached hydrogens (tertiary/aromatic N) is 6. The van der Waals surface area contributed by atoms with Gasteiger partial charge < -0.3 is 68.5 Å². The Balaban J connectivity index is 1.24. The lowest BCUT2D eigenvalue weighted by Gasteiger charge is -2.51. The Morgan fingerprint density at radius 3 is 2.25 bits per heavy atom. The number of ether oxygens (including phenoxy) is 7. The monoisotopic (exact) mass is 1080 g/mol. The van der Waals surface area contributed by atoms with Gasteiger partial charge in [-0.25, -0.2) is 9.07 Å². The van der Waals surface area contributed by atoms with Gasteiger partial charge in [0.25, 0.3) is 0 Å². The summed E-state index contributed by atoms with van der Waals surface area (Å²) >= 11 is 0. The van der Waals surface area contributed by atoms with E-state index in [-0.39, 0.29) is 31.3 Å². The third-order valence-electron chi connectivity index (χ3n) is 17.7. The van der Waals surface area contributed by atoms with E-state index in [2.05, 4.69) is 27.3 Å². The number of morpholine rings is 1. The Kier molecular flexibility index (Phi) is 21.9. The van der Waals surface area contributed by atoms with E-state index in [0.717, 1.165) is 44.0 Å². The van der Waals surface area contributed by atoms with Crippen molar-refractivity contribution in [2.75, 3.05) is 74.4 Å². The molecule has 5 N–H and O–H groups in total. The van der Waals surface area contributed by atoms with Crippen LogP contribution in [0, 0.1) is 23.7 Å². The van der Waals surface area contributed by atoms with Crippen molar-refractivity contribution in [3.8, 4) is 0 Å². The molecule has 434 valence electrons. The number of aliphatic hydroxyl groups is 5. The average Bonchev–Trinajstić information content (AvgIpc) is 3.86. The highest BCUT2D eigenvalue weighted by atomic mass is 19.1. The van der Waals surface area contributed by atoms with Crippen LogP contribution in [-0.2, 0) is 50.9 Å². The predicted octanol–water partition coefficient (Wildman–Crippen LogP) is 4.11. The van der Waals surface area contributed by atoms with Gasteiger partial charge in [-0.3, -0.25) is 9.69 Å². The van der Waals surface area contributed by atoms with Crippen LogP contribution in [0.3, 0.4) is 0 Å². The van der Waals surface area contributed by atoms with Gasteiger partial charge >= 0.3 is 5.97 Å². The molecule has 0 bridgehead atoms. The third kappa shape index (κ3) is 14.4. The highest BCUT2D eigenvalue weighted by molar-refractivity contribution is 5.73. The summed E-state index contributed by atoms with van der Waals surface area (Å²) in [7, 11) is 6.85. The van der Waals surface area contributed by atoms with Gasteiger partial charge in [-0.2, -0.15) is 0 Å². The molecular weight excluding hydrogens is 984 g/mol. The quantitative estimate of drug-likeness (QED) is 0.149. The largest absolute Gasteiger partial charge is 0.459 e. The number of hydrogen-bond acceptors (Lipinski definition) is 18. The van der Waals surface area contributed by atoms with Crippen molar-refractivity contribution in [2.45, 2.75) is 204 Å². The molecular formula is C56H95FN6O13. The molecule has 76 heavy (non-hydrogen) atoms. The maximum atomic E-state index is 15.0. The summed E-state index contributed by atoms with van der Waals surface area (Å²) < 4.78 is 60.1. The second-order valence-corrected chi connectivity index (χ2v) is 23.7. The second kappa shape index (κ2) is 26.6. The maximum Gasteiger partial charge on any atom is 0.309 e. The lowest BCUT2D eigenvalue weighted by molar-refractivity contribution is -0.302. The molecule has 4 aliphatic rings. The molecule has 4 aliphatic heterocycles. The number of methoxy groups -OCH3 is 2. The summed E-state index contributed by atoms with van der Waals surface area (Å²) in [6.07, 6.45) is -6.12. The van der Waals surface area contributed by atoms with E-state index >= 15 is 0 Å². The Morgan fingerprint density at radius 2 is 1.63 bits per heavy atom. The molecule has 0 aliphatic carbocycles. The van der Waals surface area contributed by atoms with Crippen molar-refractivity contribution >= 4 is 5.97 Å². The molecule has 4 fully saturated rings. The molecule has 1 aromatic carbocycles. The predicted molar refractivity (Wildman–Crippen MR) is 283 cm³/mol. The number of carbonyl (C=O) groups is 1. The first kappa shape index (κ1) is 62.4. The summed E-state index contributed by atoms with van der Waals surface area (Å²) in [5, 5.41) is 69.1. The number of halogens is 1. The van der Waals surface area contributed by atoms with Crippen molar-refractivity contribution in [1.82, 2.24) is 29.7 Å². The molecule has 0 amide bonds. The highest BCUT2D eigenvalue weighted by Gasteiger charge is 2.55. The van der Waals surface area contributed by atoms with E-state index in [1.54, 1.807) is 54.8 Å². The summed E-state index contributed by atoms with van der Waals surface area (Å²) in [5.74, 6) is -3.24. The molecule has 1 aromatic heterocycles. The summed E-state index contributed by atoms with van der Waals surface area (Å²) in [4.78, 5) is 21.0. The van der Waals surface area contributed by atoms with E-state index in [9.17, 15) is 34.7 Å². The molecule has 6 rings (SSSR count). The molecule has 0 spiro atoms. The van der Waals surface area contributed by atoms with Gasteiger partial charge in [0.1, 0.15) is 48.8 Å². The Labute approximate surface area is 451 Å². The van der Waals surface area contributed by atoms with E-state index in [0.29, 0.717) is 31.6 Å². The first-order chi connectivity index (χ1) is 35.8. The number of aromatic nitrogens is 3. The van der Waals surface area contributed by atoms with Crippen LogP contribution >= 0.6 is 0 Å². The van der Waals surface area contributed by atoms with Crippen molar-refractivity contribution in [3.63, 3.8) is 0 Å². The zero-order chi connectivity index (χ0) is 56.0. The summed E-state index contributed by atoms with van der Waals surface area (Å²) in [6, 6.07) is 6.26. The minimum atomic E-state index is -1.83. The zero-order valence-corrected chi connectivity index (χ0v) is 48.0. The lowest BCUT2D eigenvalue weighted by atomic mass is 9.68. The fourth-order valence-corrected chi connectivity index (χ4v) is 12.9. The van der Waals surface area contributed by atoms with Gasteiger partial charge in [-0.15, -0.1) is 5.10 Å².